The summed E-state index contributed by atoms with van der Waals surface area (Å²) < 4.78 is 7.40. The quantitative estimate of drug-likeness (QED) is 0.683. The molecule has 0 radical (unpaired) electrons. The van der Waals surface area contributed by atoms with Crippen LogP contribution in [0.5, 0.6) is 0 Å². The number of piperidine rings is 1. The molecule has 1 aromatic carbocycles. The molecular formula is C21H25N5O2. The van der Waals surface area contributed by atoms with E-state index in [1.807, 2.05) is 36.4 Å². The van der Waals surface area contributed by atoms with Crippen LogP contribution >= 0.6 is 0 Å². The van der Waals surface area contributed by atoms with Crippen LogP contribution in [0.25, 0.3) is 0 Å². The lowest BCUT2D eigenvalue weighted by atomic mass is 10.1. The van der Waals surface area contributed by atoms with Gasteiger partial charge in [0.05, 0.1) is 18.8 Å². The van der Waals surface area contributed by atoms with Gasteiger partial charge in [-0.15, -0.1) is 0 Å². The SMILES string of the molecule is O=C(NCC(c1ccco1)N1CCCCC1)c1ccc(Cn2cncn2)cc1. The molecule has 0 spiro atoms. The average Bonchev–Trinajstić information content (AvgIpc) is 3.44. The molecule has 1 fully saturated rings. The molecule has 1 aliphatic rings. The van der Waals surface area contributed by atoms with E-state index >= 15 is 0 Å². The van der Waals surface area contributed by atoms with Crippen molar-refractivity contribution in [3.63, 3.8) is 0 Å². The minimum Gasteiger partial charge on any atom is -0.468 e. The Morgan fingerprint density at radius 1 is 1.14 bits per heavy atom. The van der Waals surface area contributed by atoms with E-state index in [1.165, 1.54) is 25.6 Å². The molecule has 1 aliphatic heterocycles. The third-order valence-corrected chi connectivity index (χ3v) is 5.19. The van der Waals surface area contributed by atoms with Gasteiger partial charge in [-0.3, -0.25) is 9.69 Å². The van der Waals surface area contributed by atoms with E-state index in [9.17, 15) is 4.79 Å². The van der Waals surface area contributed by atoms with Gasteiger partial charge in [0.15, 0.2) is 0 Å². The Bertz CT molecular complexity index is 853. The van der Waals surface area contributed by atoms with Crippen LogP contribution < -0.4 is 5.32 Å². The van der Waals surface area contributed by atoms with Crippen LogP contribution in [0.2, 0.25) is 0 Å². The summed E-state index contributed by atoms with van der Waals surface area (Å²) in [4.78, 5) is 19.0. The molecule has 146 valence electrons. The van der Waals surface area contributed by atoms with Crippen molar-refractivity contribution in [1.29, 1.82) is 0 Å². The molecule has 3 heterocycles. The molecule has 1 unspecified atom stereocenters. The predicted molar refractivity (Wildman–Crippen MR) is 105 cm³/mol. The first kappa shape index (κ1) is 18.4. The number of aromatic nitrogens is 3. The second kappa shape index (κ2) is 8.84. The second-order valence-corrected chi connectivity index (χ2v) is 7.13. The van der Waals surface area contributed by atoms with Gasteiger partial charge in [-0.05, 0) is 55.8 Å². The molecule has 1 atom stereocenters. The maximum atomic E-state index is 12.6. The van der Waals surface area contributed by atoms with Crippen molar-refractivity contribution in [3.8, 4) is 0 Å². The predicted octanol–water partition coefficient (Wildman–Crippen LogP) is 2.88. The summed E-state index contributed by atoms with van der Waals surface area (Å²) in [5.74, 6) is 0.839. The van der Waals surface area contributed by atoms with Gasteiger partial charge in [-0.1, -0.05) is 18.6 Å². The largest absolute Gasteiger partial charge is 0.468 e. The van der Waals surface area contributed by atoms with Gasteiger partial charge >= 0.3 is 0 Å². The standard InChI is InChI=1S/C21H25N5O2/c27-21(18-8-6-17(7-9-18)14-26-16-22-15-24-26)23-13-19(20-5-4-12-28-20)25-10-2-1-3-11-25/h4-9,12,15-16,19H,1-3,10-11,13-14H2,(H,23,27). The highest BCUT2D eigenvalue weighted by Crippen LogP contribution is 2.24. The monoisotopic (exact) mass is 379 g/mol. The lowest BCUT2D eigenvalue weighted by molar-refractivity contribution is 0.0914. The number of rotatable bonds is 7. The van der Waals surface area contributed by atoms with Gasteiger partial charge in [-0.25, -0.2) is 9.67 Å². The molecule has 0 bridgehead atoms. The Balaban J connectivity index is 1.37. The van der Waals surface area contributed by atoms with Crippen LogP contribution in [0.15, 0.2) is 59.7 Å². The van der Waals surface area contributed by atoms with E-state index in [0.717, 1.165) is 24.4 Å². The highest BCUT2D eigenvalue weighted by molar-refractivity contribution is 5.94. The maximum Gasteiger partial charge on any atom is 0.251 e. The normalized spacial score (nSPS) is 16.0. The number of nitrogens with zero attached hydrogens (tertiary/aromatic N) is 4. The van der Waals surface area contributed by atoms with Crippen LogP contribution in [0, 0.1) is 0 Å². The maximum absolute atomic E-state index is 12.6. The minimum atomic E-state index is -0.0686. The van der Waals surface area contributed by atoms with Gasteiger partial charge in [-0.2, -0.15) is 5.10 Å². The van der Waals surface area contributed by atoms with Crippen molar-refractivity contribution >= 4 is 5.91 Å². The fraction of sp³-hybridized carbons (Fsp3) is 0.381. The highest BCUT2D eigenvalue weighted by Gasteiger charge is 2.25. The van der Waals surface area contributed by atoms with Crippen LogP contribution in [0.1, 0.15) is 47.0 Å². The second-order valence-electron chi connectivity index (χ2n) is 7.13. The first-order chi connectivity index (χ1) is 13.8. The molecule has 0 aliphatic carbocycles. The summed E-state index contributed by atoms with van der Waals surface area (Å²) in [6.45, 7) is 3.25. The number of carbonyl (C=O) groups is 1. The number of amides is 1. The minimum absolute atomic E-state index is 0.0686. The van der Waals surface area contributed by atoms with E-state index < -0.39 is 0 Å². The Morgan fingerprint density at radius 2 is 1.96 bits per heavy atom. The zero-order valence-corrected chi connectivity index (χ0v) is 15.8. The average molecular weight is 379 g/mol. The highest BCUT2D eigenvalue weighted by atomic mass is 16.3. The smallest absolute Gasteiger partial charge is 0.251 e. The van der Waals surface area contributed by atoms with Crippen molar-refractivity contribution in [2.75, 3.05) is 19.6 Å². The van der Waals surface area contributed by atoms with E-state index in [4.69, 9.17) is 4.42 Å². The van der Waals surface area contributed by atoms with Crippen molar-refractivity contribution in [3.05, 3.63) is 72.2 Å². The van der Waals surface area contributed by atoms with Crippen molar-refractivity contribution < 1.29 is 9.21 Å². The first-order valence-corrected chi connectivity index (χ1v) is 9.76. The van der Waals surface area contributed by atoms with E-state index in [0.29, 0.717) is 18.7 Å². The number of nitrogens with one attached hydrogen (secondary N) is 1. The Hall–Kier alpha value is -2.93. The summed E-state index contributed by atoms with van der Waals surface area (Å²) in [7, 11) is 0. The molecule has 2 aromatic heterocycles. The summed E-state index contributed by atoms with van der Waals surface area (Å²) in [5, 5.41) is 7.18. The van der Waals surface area contributed by atoms with Gasteiger partial charge < -0.3 is 9.73 Å². The fourth-order valence-corrected chi connectivity index (χ4v) is 3.67. The van der Waals surface area contributed by atoms with Gasteiger partial charge in [0.2, 0.25) is 0 Å². The van der Waals surface area contributed by atoms with Gasteiger partial charge in [0, 0.05) is 12.1 Å². The Morgan fingerprint density at radius 3 is 2.64 bits per heavy atom. The zero-order chi connectivity index (χ0) is 19.2. The van der Waals surface area contributed by atoms with E-state index in [1.54, 1.807) is 17.3 Å². The molecule has 1 amide bonds. The molecule has 4 rings (SSSR count). The summed E-state index contributed by atoms with van der Waals surface area (Å²) in [6, 6.07) is 11.6. The van der Waals surface area contributed by atoms with Crippen LogP contribution in [-0.4, -0.2) is 45.2 Å². The molecule has 28 heavy (non-hydrogen) atoms. The Labute approximate surface area is 164 Å². The molecule has 1 N–H and O–H groups in total. The molecule has 3 aromatic rings. The number of benzene rings is 1. The summed E-state index contributed by atoms with van der Waals surface area (Å²) in [6.07, 6.45) is 8.54. The fourth-order valence-electron chi connectivity index (χ4n) is 3.67. The third kappa shape index (κ3) is 4.48. The zero-order valence-electron chi connectivity index (χ0n) is 15.8. The van der Waals surface area contributed by atoms with Crippen LogP contribution in [-0.2, 0) is 6.54 Å². The number of hydrogen-bond acceptors (Lipinski definition) is 5. The lowest BCUT2D eigenvalue weighted by Crippen LogP contribution is -2.40. The molecular weight excluding hydrogens is 354 g/mol. The van der Waals surface area contributed by atoms with Gasteiger partial charge in [0.25, 0.3) is 5.91 Å². The van der Waals surface area contributed by atoms with Crippen molar-refractivity contribution in [2.24, 2.45) is 0 Å². The van der Waals surface area contributed by atoms with Gasteiger partial charge in [0.1, 0.15) is 18.4 Å². The molecule has 7 nitrogen and oxygen atoms in total. The van der Waals surface area contributed by atoms with Crippen molar-refractivity contribution in [1.82, 2.24) is 25.0 Å². The number of carbonyl (C=O) groups excluding carboxylic acids is 1. The lowest BCUT2D eigenvalue weighted by Gasteiger charge is -2.33. The Kier molecular flexibility index (Phi) is 5.82. The van der Waals surface area contributed by atoms with Crippen LogP contribution in [0.3, 0.4) is 0 Å². The number of furan rings is 1. The van der Waals surface area contributed by atoms with Crippen molar-refractivity contribution in [2.45, 2.75) is 31.8 Å². The topological polar surface area (TPSA) is 76.2 Å². The van der Waals surface area contributed by atoms with E-state index in [2.05, 4.69) is 20.3 Å². The first-order valence-electron chi connectivity index (χ1n) is 9.76. The molecule has 7 heteroatoms. The number of hydrogen-bond donors (Lipinski definition) is 1. The summed E-state index contributed by atoms with van der Waals surface area (Å²) in [5.41, 5.74) is 1.73. The summed E-state index contributed by atoms with van der Waals surface area (Å²) >= 11 is 0. The third-order valence-electron chi connectivity index (χ3n) is 5.19. The molecule has 0 saturated carbocycles. The van der Waals surface area contributed by atoms with Crippen LogP contribution in [0.4, 0.5) is 0 Å². The number of likely N-dealkylation sites (tertiary alicyclic amines) is 1. The van der Waals surface area contributed by atoms with E-state index in [-0.39, 0.29) is 11.9 Å². The molecule has 1 saturated heterocycles.